The van der Waals surface area contributed by atoms with Crippen LogP contribution in [-0.2, 0) is 4.79 Å². The molecule has 0 aliphatic carbocycles. The molecule has 0 aromatic heterocycles. The molecule has 1 unspecified atom stereocenters. The van der Waals surface area contributed by atoms with Crippen LogP contribution in [0.25, 0.3) is 0 Å². The molecule has 3 aromatic rings. The molecule has 45 heavy (non-hydrogen) atoms. The van der Waals surface area contributed by atoms with Crippen molar-refractivity contribution in [3.63, 3.8) is 0 Å². The quantitative estimate of drug-likeness (QED) is 0.0780. The van der Waals surface area contributed by atoms with Crippen molar-refractivity contribution in [3.05, 3.63) is 76.9 Å². The van der Waals surface area contributed by atoms with E-state index < -0.39 is 11.9 Å². The Kier molecular flexibility index (Phi) is 13.2. The molecule has 242 valence electrons. The van der Waals surface area contributed by atoms with Crippen LogP contribution in [0.1, 0.15) is 143 Å². The van der Waals surface area contributed by atoms with E-state index in [0.29, 0.717) is 40.3 Å². The number of carboxylic acid groups (broad SMARTS) is 1. The number of aromatic carboxylic acids is 1. The minimum Gasteiger partial charge on any atom is -0.508 e. The van der Waals surface area contributed by atoms with Crippen molar-refractivity contribution in [1.29, 1.82) is 0 Å². The van der Waals surface area contributed by atoms with Gasteiger partial charge in [-0.3, -0.25) is 4.79 Å². The summed E-state index contributed by atoms with van der Waals surface area (Å²) in [6, 6.07) is 14.3. The second kappa shape index (κ2) is 17.5. The highest BCUT2D eigenvalue weighted by Gasteiger charge is 2.34. The van der Waals surface area contributed by atoms with Crippen LogP contribution in [0.4, 0.5) is 5.69 Å². The van der Waals surface area contributed by atoms with E-state index in [9.17, 15) is 24.9 Å². The Labute approximate surface area is 267 Å². The number of carboxylic acids is 1. The fourth-order valence-corrected chi connectivity index (χ4v) is 6.36. The van der Waals surface area contributed by atoms with Gasteiger partial charge in [0.15, 0.2) is 0 Å². The van der Waals surface area contributed by atoms with E-state index >= 15 is 0 Å². The molecule has 4 rings (SSSR count). The largest absolute Gasteiger partial charge is 0.508 e. The Morgan fingerprint density at radius 1 is 0.689 bits per heavy atom. The molecule has 1 atom stereocenters. The highest BCUT2D eigenvalue weighted by atomic mass is 16.5. The third kappa shape index (κ3) is 9.74. The molecule has 0 spiro atoms. The number of hydrogen-bond acceptors (Lipinski definition) is 5. The van der Waals surface area contributed by atoms with Crippen molar-refractivity contribution in [2.45, 2.75) is 116 Å². The number of amides is 1. The lowest BCUT2D eigenvalue weighted by molar-refractivity contribution is -0.116. The van der Waals surface area contributed by atoms with Gasteiger partial charge >= 0.3 is 5.97 Å². The van der Waals surface area contributed by atoms with E-state index in [1.165, 1.54) is 101 Å². The fraction of sp³-hybridized carbons (Fsp3) is 0.474. The SMILES string of the molecule is CCCCCCCCCCCCCCCCCC(=O)Nc1cc(O)cc2c1C(c1ccccc1C(=O)O)c1ccc(O)cc1O2. The molecule has 4 N–H and O–H groups in total. The van der Waals surface area contributed by atoms with E-state index in [0.717, 1.165) is 19.3 Å². The molecule has 0 saturated carbocycles. The average molecular weight is 616 g/mol. The van der Waals surface area contributed by atoms with Gasteiger partial charge in [0.25, 0.3) is 0 Å². The van der Waals surface area contributed by atoms with Gasteiger partial charge in [0, 0.05) is 41.7 Å². The van der Waals surface area contributed by atoms with Crippen LogP contribution in [0.15, 0.2) is 54.6 Å². The van der Waals surface area contributed by atoms with Gasteiger partial charge in [0.05, 0.1) is 11.3 Å². The molecule has 3 aromatic carbocycles. The van der Waals surface area contributed by atoms with Crippen LogP contribution in [0.3, 0.4) is 0 Å². The molecule has 0 radical (unpaired) electrons. The van der Waals surface area contributed by atoms with Crippen LogP contribution in [0, 0.1) is 0 Å². The molecule has 1 aliphatic heterocycles. The van der Waals surface area contributed by atoms with Crippen molar-refractivity contribution >= 4 is 17.6 Å². The van der Waals surface area contributed by atoms with E-state index in [1.54, 1.807) is 30.3 Å². The highest BCUT2D eigenvalue weighted by molar-refractivity contribution is 5.94. The smallest absolute Gasteiger partial charge is 0.335 e. The second-order valence-electron chi connectivity index (χ2n) is 12.3. The van der Waals surface area contributed by atoms with Gasteiger partial charge in [0.1, 0.15) is 23.0 Å². The molecule has 1 aliphatic rings. The highest BCUT2D eigenvalue weighted by Crippen LogP contribution is 2.52. The van der Waals surface area contributed by atoms with Crippen molar-refractivity contribution in [2.24, 2.45) is 0 Å². The molecular weight excluding hydrogens is 566 g/mol. The molecule has 1 amide bonds. The third-order valence-corrected chi connectivity index (χ3v) is 8.73. The summed E-state index contributed by atoms with van der Waals surface area (Å²) < 4.78 is 6.09. The number of carbonyl (C=O) groups is 2. The Morgan fingerprint density at radius 2 is 1.27 bits per heavy atom. The Bertz CT molecular complexity index is 1420. The first-order valence-electron chi connectivity index (χ1n) is 16.9. The van der Waals surface area contributed by atoms with Gasteiger partial charge in [0.2, 0.25) is 5.91 Å². The maximum Gasteiger partial charge on any atom is 0.335 e. The van der Waals surface area contributed by atoms with Crippen LogP contribution in [0.5, 0.6) is 23.0 Å². The van der Waals surface area contributed by atoms with Crippen molar-refractivity contribution < 1.29 is 29.6 Å². The monoisotopic (exact) mass is 615 g/mol. The molecule has 0 bridgehead atoms. The van der Waals surface area contributed by atoms with E-state index in [4.69, 9.17) is 4.74 Å². The summed E-state index contributed by atoms with van der Waals surface area (Å²) in [5.41, 5.74) is 2.23. The summed E-state index contributed by atoms with van der Waals surface area (Å²) in [7, 11) is 0. The van der Waals surface area contributed by atoms with E-state index in [2.05, 4.69) is 12.2 Å². The minimum absolute atomic E-state index is 0.000327. The first-order chi connectivity index (χ1) is 21.9. The topological polar surface area (TPSA) is 116 Å². The molecule has 0 fully saturated rings. The van der Waals surface area contributed by atoms with Crippen molar-refractivity contribution in [1.82, 2.24) is 0 Å². The van der Waals surface area contributed by atoms with Gasteiger partial charge in [-0.2, -0.15) is 0 Å². The predicted molar refractivity (Wildman–Crippen MR) is 179 cm³/mol. The summed E-state index contributed by atoms with van der Waals surface area (Å²) in [4.78, 5) is 25.3. The van der Waals surface area contributed by atoms with Crippen molar-refractivity contribution in [3.8, 4) is 23.0 Å². The number of benzene rings is 3. The lowest BCUT2D eigenvalue weighted by Crippen LogP contribution is -2.19. The van der Waals surface area contributed by atoms with Gasteiger partial charge in [-0.05, 0) is 24.1 Å². The van der Waals surface area contributed by atoms with Crippen LogP contribution in [0.2, 0.25) is 0 Å². The fourth-order valence-electron chi connectivity index (χ4n) is 6.36. The zero-order chi connectivity index (χ0) is 32.0. The predicted octanol–water partition coefficient (Wildman–Crippen LogP) is 10.3. The normalized spacial score (nSPS) is 13.5. The zero-order valence-corrected chi connectivity index (χ0v) is 26.7. The lowest BCUT2D eigenvalue weighted by atomic mass is 9.79. The molecular formula is C38H49NO6. The first kappa shape index (κ1) is 33.9. The first-order valence-corrected chi connectivity index (χ1v) is 16.9. The molecule has 7 nitrogen and oxygen atoms in total. The number of ether oxygens (including phenoxy) is 1. The standard InChI is InChI=1S/C38H49NO6/c1-2-3-4-5-6-7-8-9-10-11-12-13-14-15-16-21-35(42)39-32-24-28(41)26-34-37(32)36(29-19-17-18-20-30(29)38(43)44)31-23-22-27(40)25-33(31)45-34/h17-20,22-26,36,40-41H,2-16,21H2,1H3,(H,39,42)(H,43,44). The number of hydrogen-bond donors (Lipinski definition) is 4. The summed E-state index contributed by atoms with van der Waals surface area (Å²) in [6.07, 6.45) is 19.2. The Morgan fingerprint density at radius 3 is 1.89 bits per heavy atom. The van der Waals surface area contributed by atoms with Gasteiger partial charge in [-0.15, -0.1) is 0 Å². The number of fused-ring (bicyclic) bond motifs is 2. The lowest BCUT2D eigenvalue weighted by Gasteiger charge is -2.31. The van der Waals surface area contributed by atoms with E-state index in [-0.39, 0.29) is 23.0 Å². The van der Waals surface area contributed by atoms with Crippen LogP contribution in [-0.4, -0.2) is 27.2 Å². The number of nitrogens with one attached hydrogen (secondary N) is 1. The Balaban J connectivity index is 1.31. The van der Waals surface area contributed by atoms with Gasteiger partial charge < -0.3 is 25.4 Å². The third-order valence-electron chi connectivity index (χ3n) is 8.73. The number of unbranched alkanes of at least 4 members (excludes halogenated alkanes) is 14. The number of rotatable bonds is 19. The number of anilines is 1. The second-order valence-corrected chi connectivity index (χ2v) is 12.3. The molecule has 0 saturated heterocycles. The van der Waals surface area contributed by atoms with Gasteiger partial charge in [-0.1, -0.05) is 121 Å². The summed E-state index contributed by atoms with van der Waals surface area (Å²) in [6.45, 7) is 2.26. The number of aromatic hydroxyl groups is 2. The number of carbonyl (C=O) groups excluding carboxylic acids is 1. The molecule has 7 heteroatoms. The summed E-state index contributed by atoms with van der Waals surface area (Å²) in [5.74, 6) is -1.30. The summed E-state index contributed by atoms with van der Waals surface area (Å²) >= 11 is 0. The van der Waals surface area contributed by atoms with Crippen LogP contribution >= 0.6 is 0 Å². The zero-order valence-electron chi connectivity index (χ0n) is 26.7. The van der Waals surface area contributed by atoms with Gasteiger partial charge in [-0.25, -0.2) is 4.79 Å². The average Bonchev–Trinajstić information content (AvgIpc) is 3.01. The molecule has 1 heterocycles. The number of phenols is 2. The summed E-state index contributed by atoms with van der Waals surface area (Å²) in [5, 5.41) is 33.6. The maximum absolute atomic E-state index is 13.1. The number of phenolic OH excluding ortho intramolecular Hbond substituents is 2. The van der Waals surface area contributed by atoms with Crippen molar-refractivity contribution in [2.75, 3.05) is 5.32 Å². The maximum atomic E-state index is 13.1. The van der Waals surface area contributed by atoms with E-state index in [1.807, 2.05) is 0 Å². The minimum atomic E-state index is -1.07. The Hall–Kier alpha value is -4.00. The van der Waals surface area contributed by atoms with Crippen LogP contribution < -0.4 is 10.1 Å².